The predicted molar refractivity (Wildman–Crippen MR) is 91.6 cm³/mol. The van der Waals surface area contributed by atoms with E-state index in [0.717, 1.165) is 43.2 Å². The first kappa shape index (κ1) is 17.9. The summed E-state index contributed by atoms with van der Waals surface area (Å²) in [6, 6.07) is 7.73. The zero-order valence-corrected chi connectivity index (χ0v) is 15.4. The van der Waals surface area contributed by atoms with Gasteiger partial charge in [0, 0.05) is 26.0 Å². The number of carbonyl (C=O) groups excluding carboxylic acids is 1. The molecule has 1 aromatic rings. The van der Waals surface area contributed by atoms with E-state index < -0.39 is 17.7 Å². The van der Waals surface area contributed by atoms with Crippen LogP contribution in [0.15, 0.2) is 24.3 Å². The van der Waals surface area contributed by atoms with E-state index in [2.05, 4.69) is 0 Å². The summed E-state index contributed by atoms with van der Waals surface area (Å²) in [5.74, 6) is -0.864. The number of rotatable bonds is 4. The number of ether oxygens (including phenoxy) is 3. The van der Waals surface area contributed by atoms with Crippen LogP contribution in [0.5, 0.6) is 0 Å². The van der Waals surface area contributed by atoms with Gasteiger partial charge in [0.1, 0.15) is 6.61 Å². The summed E-state index contributed by atoms with van der Waals surface area (Å²) in [7, 11) is 1.67. The molecule has 142 valence electrons. The summed E-state index contributed by atoms with van der Waals surface area (Å²) >= 11 is 0. The number of methoxy groups -OCH3 is 1. The lowest BCUT2D eigenvalue weighted by Crippen LogP contribution is -2.59. The first-order valence-corrected chi connectivity index (χ1v) is 9.38. The second-order valence-electron chi connectivity index (χ2n) is 7.52. The summed E-state index contributed by atoms with van der Waals surface area (Å²) in [6.45, 7) is 1.66. The Morgan fingerprint density at radius 2 is 1.96 bits per heavy atom. The summed E-state index contributed by atoms with van der Waals surface area (Å²) in [6.07, 6.45) is 5.59. The van der Waals surface area contributed by atoms with Gasteiger partial charge in [0.25, 0.3) is 0 Å². The molecule has 5 rings (SSSR count). The fraction of sp³-hybridized carbons (Fsp3) is 0.650. The Balaban J connectivity index is 1.59. The second-order valence-corrected chi connectivity index (χ2v) is 7.52. The average Bonchev–Trinajstić information content (AvgIpc) is 2.93. The maximum atomic E-state index is 11.0. The van der Waals surface area contributed by atoms with Crippen LogP contribution < -0.4 is 0 Å². The predicted octanol–water partition coefficient (Wildman–Crippen LogP) is 3.58. The highest BCUT2D eigenvalue weighted by atomic mass is 17.3. The fourth-order valence-corrected chi connectivity index (χ4v) is 4.54. The molecule has 1 aromatic carbocycles. The molecule has 6 nitrogen and oxygen atoms in total. The summed E-state index contributed by atoms with van der Waals surface area (Å²) in [5, 5.41) is 0. The van der Waals surface area contributed by atoms with Crippen molar-refractivity contribution in [3.8, 4) is 0 Å². The van der Waals surface area contributed by atoms with Crippen LogP contribution >= 0.6 is 0 Å². The number of carbonyl (C=O) groups is 1. The van der Waals surface area contributed by atoms with Crippen molar-refractivity contribution < 1.29 is 28.8 Å². The second kappa shape index (κ2) is 6.93. The van der Waals surface area contributed by atoms with E-state index in [1.165, 1.54) is 13.3 Å². The van der Waals surface area contributed by atoms with Gasteiger partial charge < -0.3 is 14.2 Å². The van der Waals surface area contributed by atoms with Gasteiger partial charge in [0.15, 0.2) is 11.9 Å². The van der Waals surface area contributed by atoms with Gasteiger partial charge in [-0.1, -0.05) is 37.1 Å². The van der Waals surface area contributed by atoms with Crippen LogP contribution in [0.1, 0.15) is 56.6 Å². The van der Waals surface area contributed by atoms with Crippen molar-refractivity contribution in [2.24, 2.45) is 5.92 Å². The molecule has 3 saturated heterocycles. The average molecular weight is 362 g/mol. The van der Waals surface area contributed by atoms with Crippen molar-refractivity contribution in [1.82, 2.24) is 0 Å². The minimum Gasteiger partial charge on any atom is -0.461 e. The largest absolute Gasteiger partial charge is 0.461 e. The van der Waals surface area contributed by atoms with Crippen molar-refractivity contribution in [1.29, 1.82) is 0 Å². The Morgan fingerprint density at radius 3 is 2.69 bits per heavy atom. The lowest BCUT2D eigenvalue weighted by molar-refractivity contribution is -0.558. The first-order chi connectivity index (χ1) is 12.6. The van der Waals surface area contributed by atoms with Crippen molar-refractivity contribution in [3.63, 3.8) is 0 Å². The van der Waals surface area contributed by atoms with Crippen LogP contribution in [-0.2, 0) is 41.2 Å². The van der Waals surface area contributed by atoms with E-state index in [1.54, 1.807) is 7.11 Å². The van der Waals surface area contributed by atoms with Gasteiger partial charge in [-0.15, -0.1) is 0 Å². The van der Waals surface area contributed by atoms with Crippen LogP contribution in [0.25, 0.3) is 0 Å². The van der Waals surface area contributed by atoms with Crippen LogP contribution in [0.2, 0.25) is 0 Å². The Hall–Kier alpha value is -1.47. The van der Waals surface area contributed by atoms with E-state index in [0.29, 0.717) is 5.92 Å². The lowest BCUT2D eigenvalue weighted by Gasteiger charge is -2.49. The standard InChI is InChI=1S/C20H26O6/c1-14(21)23-13-15-6-8-17(9-7-15)20-12-10-16-5-3-4-11-19(16,25-26-20)18(22-2)24-20/h6-9,16,18H,3-5,10-13H2,1-2H3/t16-,18-,19?,20-/m1/s1. The molecule has 4 atom stereocenters. The van der Waals surface area contributed by atoms with Crippen LogP contribution in [0.4, 0.5) is 0 Å². The van der Waals surface area contributed by atoms with Crippen LogP contribution in [0.3, 0.4) is 0 Å². The molecule has 1 spiro atoms. The smallest absolute Gasteiger partial charge is 0.302 e. The molecule has 0 amide bonds. The highest BCUT2D eigenvalue weighted by Gasteiger charge is 2.61. The van der Waals surface area contributed by atoms with E-state index in [9.17, 15) is 4.79 Å². The first-order valence-electron chi connectivity index (χ1n) is 9.38. The molecule has 3 heterocycles. The third-order valence-corrected chi connectivity index (χ3v) is 5.96. The minimum absolute atomic E-state index is 0.257. The van der Waals surface area contributed by atoms with Crippen LogP contribution in [0, 0.1) is 5.92 Å². The highest BCUT2D eigenvalue weighted by molar-refractivity contribution is 5.65. The van der Waals surface area contributed by atoms with Crippen molar-refractivity contribution in [2.45, 2.75) is 69.7 Å². The third kappa shape index (κ3) is 2.95. The Bertz CT molecular complexity index is 655. The van der Waals surface area contributed by atoms with E-state index >= 15 is 0 Å². The number of hydrogen-bond donors (Lipinski definition) is 0. The number of esters is 1. The van der Waals surface area contributed by atoms with Gasteiger partial charge in [-0.3, -0.25) is 4.79 Å². The number of fused-ring (bicyclic) bond motifs is 3. The van der Waals surface area contributed by atoms with Gasteiger partial charge >= 0.3 is 5.97 Å². The normalized spacial score (nSPS) is 36.2. The highest BCUT2D eigenvalue weighted by Crippen LogP contribution is 2.55. The Morgan fingerprint density at radius 1 is 1.15 bits per heavy atom. The maximum Gasteiger partial charge on any atom is 0.302 e. The maximum absolute atomic E-state index is 11.0. The number of benzene rings is 1. The molecule has 1 aliphatic carbocycles. The molecule has 0 radical (unpaired) electrons. The Kier molecular flexibility index (Phi) is 4.77. The van der Waals surface area contributed by atoms with Gasteiger partial charge in [-0.2, -0.15) is 4.89 Å². The molecule has 0 aromatic heterocycles. The molecule has 6 heteroatoms. The number of hydrogen-bond acceptors (Lipinski definition) is 6. The molecular weight excluding hydrogens is 336 g/mol. The van der Waals surface area contributed by atoms with E-state index in [-0.39, 0.29) is 12.6 Å². The zero-order chi connectivity index (χ0) is 18.2. The summed E-state index contributed by atoms with van der Waals surface area (Å²) < 4.78 is 17.1. The van der Waals surface area contributed by atoms with Crippen molar-refractivity contribution >= 4 is 5.97 Å². The quantitative estimate of drug-likeness (QED) is 0.603. The fourth-order valence-electron chi connectivity index (χ4n) is 4.54. The van der Waals surface area contributed by atoms with Gasteiger partial charge in [-0.05, 0) is 30.7 Å². The van der Waals surface area contributed by atoms with Gasteiger partial charge in [-0.25, -0.2) is 4.89 Å². The topological polar surface area (TPSA) is 63.2 Å². The molecular formula is C20H26O6. The van der Waals surface area contributed by atoms with Crippen LogP contribution in [-0.4, -0.2) is 25.0 Å². The summed E-state index contributed by atoms with van der Waals surface area (Å²) in [4.78, 5) is 22.9. The van der Waals surface area contributed by atoms with Crippen molar-refractivity contribution in [3.05, 3.63) is 35.4 Å². The third-order valence-electron chi connectivity index (χ3n) is 5.96. The van der Waals surface area contributed by atoms with Gasteiger partial charge in [0.05, 0.1) is 0 Å². The van der Waals surface area contributed by atoms with E-state index in [4.69, 9.17) is 24.0 Å². The Labute approximate surface area is 153 Å². The monoisotopic (exact) mass is 362 g/mol. The lowest BCUT2D eigenvalue weighted by atomic mass is 9.73. The molecule has 2 bridgehead atoms. The molecule has 0 N–H and O–H groups in total. The molecule has 26 heavy (non-hydrogen) atoms. The zero-order valence-electron chi connectivity index (χ0n) is 15.4. The van der Waals surface area contributed by atoms with Gasteiger partial charge in [0.2, 0.25) is 5.79 Å². The van der Waals surface area contributed by atoms with E-state index in [1.807, 2.05) is 24.3 Å². The van der Waals surface area contributed by atoms with Crippen molar-refractivity contribution in [2.75, 3.05) is 7.11 Å². The molecule has 3 aliphatic heterocycles. The summed E-state index contributed by atoms with van der Waals surface area (Å²) in [5.41, 5.74) is 1.31. The SMILES string of the molecule is CO[C@@H]1O[C@]2(c3ccc(COC(C)=O)cc3)CC[C@H]3CCCCC31OO2. The molecule has 4 fully saturated rings. The molecule has 1 saturated carbocycles. The minimum atomic E-state index is -0.955. The molecule has 1 unspecified atom stereocenters. The molecule has 4 aliphatic rings.